The van der Waals surface area contributed by atoms with Crippen molar-refractivity contribution in [3.8, 4) is 0 Å². The van der Waals surface area contributed by atoms with Gasteiger partial charge in [0, 0.05) is 36.0 Å². The van der Waals surface area contributed by atoms with Crippen LogP contribution in [0.1, 0.15) is 5.69 Å². The van der Waals surface area contributed by atoms with Gasteiger partial charge in [0.15, 0.2) is 0 Å². The molecule has 0 amide bonds. The van der Waals surface area contributed by atoms with Gasteiger partial charge < -0.3 is 10.2 Å². The smallest absolute Gasteiger partial charge is 0.0858 e. The van der Waals surface area contributed by atoms with Crippen molar-refractivity contribution in [1.82, 2.24) is 10.3 Å². The van der Waals surface area contributed by atoms with Crippen molar-refractivity contribution in [2.24, 2.45) is 0 Å². The normalized spacial score (nSPS) is 16.1. The van der Waals surface area contributed by atoms with Crippen molar-refractivity contribution in [2.75, 3.05) is 31.1 Å². The zero-order valence-corrected chi connectivity index (χ0v) is 13.1. The van der Waals surface area contributed by atoms with Gasteiger partial charge in [-0.3, -0.25) is 4.98 Å². The highest BCUT2D eigenvalue weighted by Gasteiger charge is 2.19. The number of nitrogens with zero attached hydrogens (tertiary/aromatic N) is 2. The zero-order chi connectivity index (χ0) is 13.4. The lowest BCUT2D eigenvalue weighted by molar-refractivity contribution is 0.590. The Morgan fingerprint density at radius 1 is 1.32 bits per heavy atom. The number of pyridine rings is 1. The Morgan fingerprint density at radius 2 is 2.05 bits per heavy atom. The van der Waals surface area contributed by atoms with E-state index in [1.165, 1.54) is 0 Å². The van der Waals surface area contributed by atoms with E-state index in [9.17, 15) is 0 Å². The van der Waals surface area contributed by atoms with E-state index in [0.29, 0.717) is 0 Å². The van der Waals surface area contributed by atoms with E-state index in [-0.39, 0.29) is 0 Å². The second kappa shape index (κ2) is 5.27. The minimum absolute atomic E-state index is 0.771. The average molecular weight is 341 g/mol. The summed E-state index contributed by atoms with van der Waals surface area (Å²) in [7, 11) is 0. The van der Waals surface area contributed by atoms with Gasteiger partial charge in [-0.15, -0.1) is 0 Å². The highest BCUT2D eigenvalue weighted by molar-refractivity contribution is 9.10. The molecule has 0 bridgehead atoms. The maximum absolute atomic E-state index is 6.52. The molecule has 1 aliphatic rings. The molecule has 0 radical (unpaired) electrons. The van der Waals surface area contributed by atoms with E-state index >= 15 is 0 Å². The van der Waals surface area contributed by atoms with Crippen molar-refractivity contribution in [3.05, 3.63) is 33.4 Å². The molecule has 0 spiro atoms. The third-order valence-electron chi connectivity index (χ3n) is 3.46. The third kappa shape index (κ3) is 2.45. The predicted molar refractivity (Wildman–Crippen MR) is 84.3 cm³/mol. The summed E-state index contributed by atoms with van der Waals surface area (Å²) in [6.45, 7) is 5.91. The SMILES string of the molecule is Cc1nc2ccc(Br)cc2c(N2CCNCC2)c1Cl. The summed E-state index contributed by atoms with van der Waals surface area (Å²) >= 11 is 10.0. The molecule has 100 valence electrons. The first kappa shape index (κ1) is 13.2. The summed E-state index contributed by atoms with van der Waals surface area (Å²) < 4.78 is 1.05. The minimum atomic E-state index is 0.771. The molecule has 1 saturated heterocycles. The van der Waals surface area contributed by atoms with Gasteiger partial charge in [0.1, 0.15) is 0 Å². The van der Waals surface area contributed by atoms with Gasteiger partial charge in [0.2, 0.25) is 0 Å². The highest BCUT2D eigenvalue weighted by atomic mass is 79.9. The van der Waals surface area contributed by atoms with Crippen LogP contribution in [0, 0.1) is 6.92 Å². The largest absolute Gasteiger partial charge is 0.367 e. The number of aryl methyl sites for hydroxylation is 1. The summed E-state index contributed by atoms with van der Waals surface area (Å²) in [4.78, 5) is 6.93. The molecule has 3 rings (SSSR count). The molecule has 1 aromatic heterocycles. The van der Waals surface area contributed by atoms with Crippen LogP contribution in [0.5, 0.6) is 0 Å². The fraction of sp³-hybridized carbons (Fsp3) is 0.357. The van der Waals surface area contributed by atoms with Crippen LogP contribution in [-0.4, -0.2) is 31.2 Å². The van der Waals surface area contributed by atoms with Gasteiger partial charge in [-0.05, 0) is 25.1 Å². The summed E-state index contributed by atoms with van der Waals surface area (Å²) in [5.74, 6) is 0. The Hall–Kier alpha value is -0.840. The van der Waals surface area contributed by atoms with Gasteiger partial charge in [0.25, 0.3) is 0 Å². The van der Waals surface area contributed by atoms with Crippen molar-refractivity contribution in [1.29, 1.82) is 0 Å². The van der Waals surface area contributed by atoms with Crippen LogP contribution in [0.3, 0.4) is 0 Å². The van der Waals surface area contributed by atoms with E-state index in [0.717, 1.165) is 58.0 Å². The number of hydrogen-bond donors (Lipinski definition) is 1. The van der Waals surface area contributed by atoms with Crippen LogP contribution in [0.25, 0.3) is 10.9 Å². The van der Waals surface area contributed by atoms with E-state index < -0.39 is 0 Å². The molecule has 0 aliphatic carbocycles. The summed E-state index contributed by atoms with van der Waals surface area (Å²) in [6, 6.07) is 6.16. The number of halogens is 2. The molecule has 2 heterocycles. The van der Waals surface area contributed by atoms with E-state index in [1.807, 2.05) is 19.1 Å². The Kier molecular flexibility index (Phi) is 3.65. The molecule has 0 unspecified atom stereocenters. The number of rotatable bonds is 1. The number of fused-ring (bicyclic) bond motifs is 1. The lowest BCUT2D eigenvalue weighted by Crippen LogP contribution is -2.43. The minimum Gasteiger partial charge on any atom is -0.367 e. The van der Waals surface area contributed by atoms with Crippen molar-refractivity contribution in [2.45, 2.75) is 6.92 Å². The molecule has 3 nitrogen and oxygen atoms in total. The number of anilines is 1. The van der Waals surface area contributed by atoms with Crippen LogP contribution >= 0.6 is 27.5 Å². The fourth-order valence-corrected chi connectivity index (χ4v) is 3.14. The topological polar surface area (TPSA) is 28.2 Å². The first-order chi connectivity index (χ1) is 9.16. The molecule has 0 saturated carbocycles. The lowest BCUT2D eigenvalue weighted by atomic mass is 10.1. The van der Waals surface area contributed by atoms with Crippen molar-refractivity contribution >= 4 is 44.1 Å². The quantitative estimate of drug-likeness (QED) is 0.863. The van der Waals surface area contributed by atoms with Crippen LogP contribution < -0.4 is 10.2 Å². The second-order valence-electron chi connectivity index (χ2n) is 4.76. The highest BCUT2D eigenvalue weighted by Crippen LogP contribution is 2.36. The van der Waals surface area contributed by atoms with Crippen LogP contribution in [-0.2, 0) is 0 Å². The molecular weight excluding hydrogens is 326 g/mol. The molecule has 1 fully saturated rings. The first-order valence-electron chi connectivity index (χ1n) is 6.38. The Bertz CT molecular complexity index is 624. The van der Waals surface area contributed by atoms with E-state index in [1.54, 1.807) is 0 Å². The molecule has 1 aromatic carbocycles. The van der Waals surface area contributed by atoms with Crippen molar-refractivity contribution < 1.29 is 0 Å². The van der Waals surface area contributed by atoms with Gasteiger partial charge in [-0.25, -0.2) is 0 Å². The van der Waals surface area contributed by atoms with Gasteiger partial charge in [0.05, 0.1) is 21.9 Å². The molecule has 19 heavy (non-hydrogen) atoms. The summed E-state index contributed by atoms with van der Waals surface area (Å²) in [5.41, 5.74) is 3.01. The average Bonchev–Trinajstić information content (AvgIpc) is 2.42. The molecular formula is C14H15BrClN3. The van der Waals surface area contributed by atoms with E-state index in [2.05, 4.69) is 37.2 Å². The van der Waals surface area contributed by atoms with Gasteiger partial charge in [-0.1, -0.05) is 27.5 Å². The van der Waals surface area contributed by atoms with Crippen molar-refractivity contribution in [3.63, 3.8) is 0 Å². The van der Waals surface area contributed by atoms with E-state index in [4.69, 9.17) is 11.6 Å². The number of aromatic nitrogens is 1. The zero-order valence-electron chi connectivity index (χ0n) is 10.7. The fourth-order valence-electron chi connectivity index (χ4n) is 2.51. The first-order valence-corrected chi connectivity index (χ1v) is 7.55. The monoisotopic (exact) mass is 339 g/mol. The predicted octanol–water partition coefficient (Wildman–Crippen LogP) is 3.37. The second-order valence-corrected chi connectivity index (χ2v) is 6.05. The maximum atomic E-state index is 6.52. The van der Waals surface area contributed by atoms with Crippen LogP contribution in [0.2, 0.25) is 5.02 Å². The number of piperazine rings is 1. The molecule has 1 N–H and O–H groups in total. The van der Waals surface area contributed by atoms with Crippen LogP contribution in [0.4, 0.5) is 5.69 Å². The molecule has 1 aliphatic heterocycles. The standard InChI is InChI=1S/C14H15BrClN3/c1-9-13(16)14(19-6-4-17-5-7-19)11-8-10(15)2-3-12(11)18-9/h2-3,8,17H,4-7H2,1H3. The summed E-state index contributed by atoms with van der Waals surface area (Å²) in [6.07, 6.45) is 0. The van der Waals surface area contributed by atoms with Gasteiger partial charge >= 0.3 is 0 Å². The molecule has 2 aromatic rings. The van der Waals surface area contributed by atoms with Gasteiger partial charge in [-0.2, -0.15) is 0 Å². The number of hydrogen-bond acceptors (Lipinski definition) is 3. The Morgan fingerprint density at radius 3 is 2.79 bits per heavy atom. The number of benzene rings is 1. The third-order valence-corrected chi connectivity index (χ3v) is 4.41. The molecule has 5 heteroatoms. The van der Waals surface area contributed by atoms with Crippen LogP contribution in [0.15, 0.2) is 22.7 Å². The molecule has 0 atom stereocenters. The number of nitrogens with one attached hydrogen (secondary N) is 1. The Labute approximate surface area is 126 Å². The maximum Gasteiger partial charge on any atom is 0.0858 e. The Balaban J connectivity index is 2.24. The lowest BCUT2D eigenvalue weighted by Gasteiger charge is -2.31. The summed E-state index contributed by atoms with van der Waals surface area (Å²) in [5, 5.41) is 5.26.